The van der Waals surface area contributed by atoms with Crippen molar-refractivity contribution in [3.63, 3.8) is 0 Å². The number of alkyl carbamates (subject to hydrolysis) is 1. The third kappa shape index (κ3) is 2.55. The van der Waals surface area contributed by atoms with Crippen LogP contribution in [-0.4, -0.2) is 29.8 Å². The Hall–Kier alpha value is -2.82. The second kappa shape index (κ2) is 6.59. The van der Waals surface area contributed by atoms with Crippen LogP contribution in [0.1, 0.15) is 57.1 Å². The molecule has 5 rings (SSSR count). The Morgan fingerprint density at radius 1 is 1.00 bits per heavy atom. The van der Waals surface area contributed by atoms with Crippen molar-refractivity contribution in [3.05, 3.63) is 59.7 Å². The summed E-state index contributed by atoms with van der Waals surface area (Å²) in [4.78, 5) is 25.0. The van der Waals surface area contributed by atoms with Gasteiger partial charge in [0.05, 0.1) is 5.41 Å². The van der Waals surface area contributed by atoms with Crippen molar-refractivity contribution in [1.29, 1.82) is 0 Å². The van der Waals surface area contributed by atoms with Crippen LogP contribution < -0.4 is 5.32 Å². The Kier molecular flexibility index (Phi) is 4.27. The molecule has 5 heteroatoms. The molecule has 0 unspecified atom stereocenters. The summed E-state index contributed by atoms with van der Waals surface area (Å²) in [5.74, 6) is -0.742. The van der Waals surface area contributed by atoms with Crippen LogP contribution in [0.15, 0.2) is 48.5 Å². The van der Waals surface area contributed by atoms with E-state index >= 15 is 0 Å². The third-order valence-electron chi connectivity index (χ3n) is 9.06. The molecular weight excluding hydrogens is 390 g/mol. The molecule has 162 valence electrons. The quantitative estimate of drug-likeness (QED) is 0.715. The van der Waals surface area contributed by atoms with Crippen LogP contribution in [0.2, 0.25) is 0 Å². The molecule has 5 nitrogen and oxygen atoms in total. The first kappa shape index (κ1) is 20.1. The lowest BCUT2D eigenvalue weighted by molar-refractivity contribution is -0.154. The minimum Gasteiger partial charge on any atom is -0.481 e. The number of carboxylic acid groups (broad SMARTS) is 1. The predicted molar refractivity (Wildman–Crippen MR) is 118 cm³/mol. The lowest BCUT2D eigenvalue weighted by atomic mass is 9.65. The smallest absolute Gasteiger partial charge is 0.407 e. The maximum absolute atomic E-state index is 12.8. The average Bonchev–Trinajstić information content (AvgIpc) is 3.23. The first-order valence-corrected chi connectivity index (χ1v) is 11.1. The largest absolute Gasteiger partial charge is 0.481 e. The van der Waals surface area contributed by atoms with E-state index < -0.39 is 22.9 Å². The van der Waals surface area contributed by atoms with Crippen LogP contribution in [-0.2, 0) is 9.53 Å². The highest BCUT2D eigenvalue weighted by atomic mass is 16.5. The van der Waals surface area contributed by atoms with Crippen molar-refractivity contribution in [2.24, 2.45) is 16.2 Å². The first-order valence-electron chi connectivity index (χ1n) is 11.1. The minimum atomic E-state index is -0.789. The molecule has 2 bridgehead atoms. The molecule has 2 N–H and O–H groups in total. The summed E-state index contributed by atoms with van der Waals surface area (Å²) in [6, 6.07) is 16.3. The van der Waals surface area contributed by atoms with Crippen LogP contribution in [0.3, 0.4) is 0 Å². The highest BCUT2D eigenvalue weighted by Gasteiger charge is 2.73. The molecule has 2 aromatic carbocycles. The summed E-state index contributed by atoms with van der Waals surface area (Å²) >= 11 is 0. The zero-order valence-corrected chi connectivity index (χ0v) is 18.3. The second-order valence-electron chi connectivity index (χ2n) is 10.2. The van der Waals surface area contributed by atoms with Crippen molar-refractivity contribution in [2.45, 2.75) is 52.0 Å². The monoisotopic (exact) mass is 419 g/mol. The molecule has 2 saturated carbocycles. The topological polar surface area (TPSA) is 75.6 Å². The van der Waals surface area contributed by atoms with Gasteiger partial charge in [0.15, 0.2) is 0 Å². The molecule has 31 heavy (non-hydrogen) atoms. The number of aliphatic carboxylic acids is 1. The maximum Gasteiger partial charge on any atom is 0.407 e. The summed E-state index contributed by atoms with van der Waals surface area (Å²) in [7, 11) is 0. The molecule has 0 radical (unpaired) electrons. The van der Waals surface area contributed by atoms with Gasteiger partial charge in [-0.3, -0.25) is 4.79 Å². The van der Waals surface area contributed by atoms with Gasteiger partial charge in [-0.15, -0.1) is 0 Å². The summed E-state index contributed by atoms with van der Waals surface area (Å²) in [6.07, 6.45) is 1.45. The molecule has 1 amide bonds. The van der Waals surface area contributed by atoms with Crippen molar-refractivity contribution in [3.8, 4) is 11.1 Å². The molecule has 0 spiro atoms. The summed E-state index contributed by atoms with van der Waals surface area (Å²) in [5.41, 5.74) is 3.28. The van der Waals surface area contributed by atoms with Crippen LogP contribution in [0.4, 0.5) is 4.79 Å². The van der Waals surface area contributed by atoms with Gasteiger partial charge in [0.1, 0.15) is 6.61 Å². The predicted octanol–water partition coefficient (Wildman–Crippen LogP) is 5.19. The highest BCUT2D eigenvalue weighted by molar-refractivity contribution is 5.80. The van der Waals surface area contributed by atoms with E-state index in [2.05, 4.69) is 36.5 Å². The number of ether oxygens (including phenoxy) is 1. The fraction of sp³-hybridized carbons (Fsp3) is 0.462. The van der Waals surface area contributed by atoms with E-state index in [-0.39, 0.29) is 24.0 Å². The van der Waals surface area contributed by atoms with Crippen molar-refractivity contribution in [2.75, 3.05) is 6.61 Å². The van der Waals surface area contributed by atoms with E-state index in [1.165, 1.54) is 22.3 Å². The number of rotatable bonds is 4. The molecular formula is C26H29NO4. The van der Waals surface area contributed by atoms with E-state index in [0.717, 1.165) is 6.42 Å². The number of hydrogen-bond donors (Lipinski definition) is 2. The average molecular weight is 420 g/mol. The van der Waals surface area contributed by atoms with E-state index in [1.807, 2.05) is 38.1 Å². The van der Waals surface area contributed by atoms with Crippen LogP contribution in [0, 0.1) is 16.2 Å². The van der Waals surface area contributed by atoms with E-state index in [1.54, 1.807) is 0 Å². The lowest BCUT2D eigenvalue weighted by Gasteiger charge is -2.40. The highest BCUT2D eigenvalue weighted by Crippen LogP contribution is 2.72. The molecule has 3 atom stereocenters. The molecule has 3 aliphatic carbocycles. The Balaban J connectivity index is 1.31. The van der Waals surface area contributed by atoms with Crippen LogP contribution in [0.5, 0.6) is 0 Å². The van der Waals surface area contributed by atoms with Gasteiger partial charge in [0, 0.05) is 12.0 Å². The number of nitrogens with one attached hydrogen (secondary N) is 1. The fourth-order valence-corrected chi connectivity index (χ4v) is 6.64. The molecule has 0 heterocycles. The number of carbonyl (C=O) groups excluding carboxylic acids is 1. The summed E-state index contributed by atoms with van der Waals surface area (Å²) < 4.78 is 5.72. The minimum absolute atomic E-state index is 0.00979. The van der Waals surface area contributed by atoms with E-state index in [0.29, 0.717) is 12.8 Å². The maximum atomic E-state index is 12.8. The molecule has 0 saturated heterocycles. The van der Waals surface area contributed by atoms with E-state index in [4.69, 9.17) is 4.74 Å². The standard InChI is InChI=1S/C26H29NO4/c1-24(2)25(3)12-13-26(24,22(28)29)14-21(25)27-23(30)31-15-20-18-10-6-4-8-16(18)17-9-5-7-11-19(17)20/h4-11,20-21H,12-15H2,1-3H3,(H,27,30)(H,28,29)/t21-,25-,26-/m0/s1. The number of benzene rings is 2. The zero-order valence-electron chi connectivity index (χ0n) is 18.3. The summed E-state index contributed by atoms with van der Waals surface area (Å²) in [6.45, 7) is 6.44. The second-order valence-corrected chi connectivity index (χ2v) is 10.2. The lowest BCUT2D eigenvalue weighted by Crippen LogP contribution is -2.47. The Morgan fingerprint density at radius 2 is 1.58 bits per heavy atom. The van der Waals surface area contributed by atoms with Crippen molar-refractivity contribution in [1.82, 2.24) is 5.32 Å². The third-order valence-corrected chi connectivity index (χ3v) is 9.06. The van der Waals surface area contributed by atoms with Gasteiger partial charge >= 0.3 is 12.1 Å². The normalized spacial score (nSPS) is 30.0. The zero-order chi connectivity index (χ0) is 22.0. The Labute approximate surface area is 182 Å². The fourth-order valence-electron chi connectivity index (χ4n) is 6.64. The number of hydrogen-bond acceptors (Lipinski definition) is 3. The Morgan fingerprint density at radius 3 is 2.13 bits per heavy atom. The summed E-state index contributed by atoms with van der Waals surface area (Å²) in [5, 5.41) is 13.0. The number of fused-ring (bicyclic) bond motifs is 5. The van der Waals surface area contributed by atoms with Gasteiger partial charge in [0.25, 0.3) is 0 Å². The molecule has 2 fully saturated rings. The SMILES string of the molecule is CC1(C)[C@@]2(C(=O)O)CC[C@@]1(C)[C@@H](NC(=O)OCC1c3ccccc3-c3ccccc31)C2. The van der Waals surface area contributed by atoms with Gasteiger partial charge in [-0.1, -0.05) is 69.3 Å². The van der Waals surface area contributed by atoms with E-state index in [9.17, 15) is 14.7 Å². The van der Waals surface area contributed by atoms with Gasteiger partial charge in [-0.05, 0) is 52.3 Å². The number of carboxylic acids is 1. The molecule has 2 aromatic rings. The molecule has 3 aliphatic rings. The van der Waals surface area contributed by atoms with Crippen LogP contribution >= 0.6 is 0 Å². The van der Waals surface area contributed by atoms with Gasteiger partial charge in [0.2, 0.25) is 0 Å². The van der Waals surface area contributed by atoms with Gasteiger partial charge in [-0.2, -0.15) is 0 Å². The van der Waals surface area contributed by atoms with Crippen molar-refractivity contribution >= 4 is 12.1 Å². The van der Waals surface area contributed by atoms with Gasteiger partial charge in [-0.25, -0.2) is 4.79 Å². The molecule has 0 aromatic heterocycles. The Bertz CT molecular complexity index is 1030. The van der Waals surface area contributed by atoms with Crippen LogP contribution in [0.25, 0.3) is 11.1 Å². The van der Waals surface area contributed by atoms with Gasteiger partial charge < -0.3 is 15.2 Å². The number of amides is 1. The van der Waals surface area contributed by atoms with Crippen molar-refractivity contribution < 1.29 is 19.4 Å². The number of carbonyl (C=O) groups is 2. The first-order chi connectivity index (χ1) is 14.7. The molecule has 0 aliphatic heterocycles.